The highest BCUT2D eigenvalue weighted by molar-refractivity contribution is 7.99. The molecule has 2 heteroatoms. The molecule has 0 bridgehead atoms. The average molecular weight is 255 g/mol. The fourth-order valence-electron chi connectivity index (χ4n) is 3.77. The largest absolute Gasteiger partial charge is 0.311 e. The van der Waals surface area contributed by atoms with Gasteiger partial charge in [0.25, 0.3) is 0 Å². The van der Waals surface area contributed by atoms with E-state index in [2.05, 4.69) is 30.9 Å². The van der Waals surface area contributed by atoms with Gasteiger partial charge in [-0.3, -0.25) is 0 Å². The topological polar surface area (TPSA) is 12.0 Å². The molecule has 0 aromatic heterocycles. The predicted octanol–water partition coefficient (Wildman–Crippen LogP) is 4.08. The van der Waals surface area contributed by atoms with Crippen molar-refractivity contribution in [2.45, 2.75) is 70.9 Å². The molecule has 2 aliphatic rings. The molecule has 0 heterocycles. The van der Waals surface area contributed by atoms with Crippen molar-refractivity contribution in [2.24, 2.45) is 11.8 Å². The molecule has 4 unspecified atom stereocenters. The molecule has 1 nitrogen and oxygen atoms in total. The molecule has 2 fully saturated rings. The summed E-state index contributed by atoms with van der Waals surface area (Å²) in [5.41, 5.74) is 0. The Balaban J connectivity index is 1.71. The Morgan fingerprint density at radius 3 is 2.65 bits per heavy atom. The summed E-state index contributed by atoms with van der Waals surface area (Å²) < 4.78 is 0. The fraction of sp³-hybridized carbons (Fsp3) is 1.00. The summed E-state index contributed by atoms with van der Waals surface area (Å²) in [6, 6.07) is 1.52. The molecule has 1 N–H and O–H groups in total. The lowest BCUT2D eigenvalue weighted by molar-refractivity contribution is 0.140. The molecule has 0 radical (unpaired) electrons. The van der Waals surface area contributed by atoms with E-state index in [1.165, 1.54) is 56.5 Å². The summed E-state index contributed by atoms with van der Waals surface area (Å²) in [5, 5.41) is 3.87. The fourth-order valence-corrected chi connectivity index (χ4v) is 4.46. The van der Waals surface area contributed by atoms with Crippen LogP contribution in [0.25, 0.3) is 0 Å². The van der Waals surface area contributed by atoms with Gasteiger partial charge in [-0.2, -0.15) is 11.8 Å². The average Bonchev–Trinajstić information content (AvgIpc) is 2.36. The molecule has 0 aromatic rings. The summed E-state index contributed by atoms with van der Waals surface area (Å²) in [5.74, 6) is 4.67. The highest BCUT2D eigenvalue weighted by atomic mass is 32.2. The third-order valence-electron chi connectivity index (χ3n) is 4.63. The maximum absolute atomic E-state index is 3.87. The summed E-state index contributed by atoms with van der Waals surface area (Å²) >= 11 is 2.07. The van der Waals surface area contributed by atoms with E-state index >= 15 is 0 Å². The summed E-state index contributed by atoms with van der Waals surface area (Å²) in [6.07, 6.45) is 10.4. The molecule has 0 aliphatic heterocycles. The smallest absolute Gasteiger partial charge is 0.0132 e. The van der Waals surface area contributed by atoms with Crippen molar-refractivity contribution in [3.8, 4) is 0 Å². The molecule has 0 spiro atoms. The normalized spacial score (nSPS) is 35.3. The Morgan fingerprint density at radius 2 is 1.88 bits per heavy atom. The van der Waals surface area contributed by atoms with E-state index in [0.29, 0.717) is 6.04 Å². The first-order valence-corrected chi connectivity index (χ1v) is 8.78. The molecule has 0 amide bonds. The zero-order valence-electron chi connectivity index (χ0n) is 11.6. The van der Waals surface area contributed by atoms with Gasteiger partial charge in [0.1, 0.15) is 0 Å². The summed E-state index contributed by atoms with van der Waals surface area (Å²) in [7, 11) is 0. The number of fused-ring (bicyclic) bond motifs is 1. The highest BCUT2D eigenvalue weighted by Gasteiger charge is 2.32. The first-order valence-electron chi connectivity index (χ1n) is 7.63. The van der Waals surface area contributed by atoms with Crippen LogP contribution in [0.1, 0.15) is 58.8 Å². The second kappa shape index (κ2) is 7.04. The first kappa shape index (κ1) is 13.7. The molecule has 2 saturated carbocycles. The lowest BCUT2D eigenvalue weighted by atomic mass is 9.69. The zero-order chi connectivity index (χ0) is 12.1. The lowest BCUT2D eigenvalue weighted by Gasteiger charge is -2.40. The summed E-state index contributed by atoms with van der Waals surface area (Å²) in [6.45, 7) is 4.61. The van der Waals surface area contributed by atoms with E-state index in [0.717, 1.165) is 17.9 Å². The van der Waals surface area contributed by atoms with E-state index in [1.807, 2.05) is 0 Å². The van der Waals surface area contributed by atoms with Crippen LogP contribution in [0.4, 0.5) is 0 Å². The van der Waals surface area contributed by atoms with Crippen LogP contribution in [-0.2, 0) is 0 Å². The zero-order valence-corrected chi connectivity index (χ0v) is 12.4. The molecule has 2 rings (SSSR count). The van der Waals surface area contributed by atoms with Gasteiger partial charge in [-0.05, 0) is 43.8 Å². The molecule has 100 valence electrons. The van der Waals surface area contributed by atoms with Crippen LogP contribution in [0.5, 0.6) is 0 Å². The van der Waals surface area contributed by atoms with E-state index in [1.54, 1.807) is 0 Å². The second-order valence-corrected chi connectivity index (χ2v) is 7.36. The van der Waals surface area contributed by atoms with Crippen molar-refractivity contribution in [1.29, 1.82) is 0 Å². The number of hydrogen-bond donors (Lipinski definition) is 1. The molecular formula is C15H29NS. The van der Waals surface area contributed by atoms with Crippen LogP contribution in [-0.4, -0.2) is 23.6 Å². The standard InChI is InChI=1S/C15H29NS/c1-3-17-11-12(2)16-15-9-8-13-6-4-5-7-14(13)10-15/h12-16H,3-11H2,1-2H3. The van der Waals surface area contributed by atoms with Crippen LogP contribution < -0.4 is 5.32 Å². The summed E-state index contributed by atoms with van der Waals surface area (Å²) in [4.78, 5) is 0. The Hall–Kier alpha value is 0.310. The van der Waals surface area contributed by atoms with Crippen molar-refractivity contribution in [2.75, 3.05) is 11.5 Å². The molecule has 0 saturated heterocycles. The Kier molecular flexibility index (Phi) is 5.68. The van der Waals surface area contributed by atoms with Crippen LogP contribution in [0.2, 0.25) is 0 Å². The SMILES string of the molecule is CCSCC(C)NC1CCC2CCCCC2C1. The van der Waals surface area contributed by atoms with Crippen molar-refractivity contribution < 1.29 is 0 Å². The van der Waals surface area contributed by atoms with Gasteiger partial charge in [0.2, 0.25) is 0 Å². The molecule has 2 aliphatic carbocycles. The number of hydrogen-bond acceptors (Lipinski definition) is 2. The van der Waals surface area contributed by atoms with Crippen LogP contribution >= 0.6 is 11.8 Å². The predicted molar refractivity (Wildman–Crippen MR) is 78.7 cm³/mol. The van der Waals surface area contributed by atoms with Gasteiger partial charge >= 0.3 is 0 Å². The van der Waals surface area contributed by atoms with E-state index in [-0.39, 0.29) is 0 Å². The van der Waals surface area contributed by atoms with E-state index in [9.17, 15) is 0 Å². The van der Waals surface area contributed by atoms with Crippen molar-refractivity contribution in [1.82, 2.24) is 5.32 Å². The number of nitrogens with one attached hydrogen (secondary N) is 1. The van der Waals surface area contributed by atoms with Gasteiger partial charge in [-0.15, -0.1) is 0 Å². The lowest BCUT2D eigenvalue weighted by Crippen LogP contribution is -2.43. The third kappa shape index (κ3) is 4.17. The Labute approximate surface area is 112 Å². The Morgan fingerprint density at radius 1 is 1.12 bits per heavy atom. The number of thioether (sulfide) groups is 1. The third-order valence-corrected chi connectivity index (χ3v) is 5.78. The monoisotopic (exact) mass is 255 g/mol. The molecule has 17 heavy (non-hydrogen) atoms. The molecule has 4 atom stereocenters. The van der Waals surface area contributed by atoms with E-state index < -0.39 is 0 Å². The maximum atomic E-state index is 3.87. The molecular weight excluding hydrogens is 226 g/mol. The van der Waals surface area contributed by atoms with Gasteiger partial charge < -0.3 is 5.32 Å². The van der Waals surface area contributed by atoms with Crippen molar-refractivity contribution in [3.63, 3.8) is 0 Å². The van der Waals surface area contributed by atoms with Crippen LogP contribution in [0.3, 0.4) is 0 Å². The minimum absolute atomic E-state index is 0.699. The van der Waals surface area contributed by atoms with Gasteiger partial charge in [-0.1, -0.05) is 32.6 Å². The van der Waals surface area contributed by atoms with Crippen molar-refractivity contribution >= 4 is 11.8 Å². The maximum Gasteiger partial charge on any atom is 0.0132 e. The van der Waals surface area contributed by atoms with Gasteiger partial charge in [0.15, 0.2) is 0 Å². The second-order valence-electron chi connectivity index (χ2n) is 6.04. The quantitative estimate of drug-likeness (QED) is 0.794. The minimum Gasteiger partial charge on any atom is -0.311 e. The van der Waals surface area contributed by atoms with Gasteiger partial charge in [0, 0.05) is 17.8 Å². The highest BCUT2D eigenvalue weighted by Crippen LogP contribution is 2.40. The van der Waals surface area contributed by atoms with Gasteiger partial charge in [0.05, 0.1) is 0 Å². The van der Waals surface area contributed by atoms with E-state index in [4.69, 9.17) is 0 Å². The van der Waals surface area contributed by atoms with Gasteiger partial charge in [-0.25, -0.2) is 0 Å². The molecule has 0 aromatic carbocycles. The Bertz CT molecular complexity index is 219. The first-order chi connectivity index (χ1) is 8.29. The van der Waals surface area contributed by atoms with Crippen molar-refractivity contribution in [3.05, 3.63) is 0 Å². The minimum atomic E-state index is 0.699. The van der Waals surface area contributed by atoms with Crippen LogP contribution in [0, 0.1) is 11.8 Å². The number of rotatable bonds is 5. The van der Waals surface area contributed by atoms with Crippen LogP contribution in [0.15, 0.2) is 0 Å².